The van der Waals surface area contributed by atoms with E-state index >= 15 is 0 Å². The number of amides is 1. The number of alkyl halides is 1. The molecule has 4 heteroatoms. The fraction of sp³-hybridized carbons (Fsp3) is 0.889. The minimum absolute atomic E-state index is 0.162. The first-order valence-corrected chi connectivity index (χ1v) is 6.79. The summed E-state index contributed by atoms with van der Waals surface area (Å²) < 4.78 is 0. The molecule has 0 heterocycles. The van der Waals surface area contributed by atoms with Crippen LogP contribution >= 0.6 is 27.7 Å². The lowest BCUT2D eigenvalue weighted by Gasteiger charge is -2.14. The summed E-state index contributed by atoms with van der Waals surface area (Å²) in [6.45, 7) is 4.12. The molecule has 78 valence electrons. The van der Waals surface area contributed by atoms with Crippen molar-refractivity contribution in [2.24, 2.45) is 0 Å². The van der Waals surface area contributed by atoms with Gasteiger partial charge in [0.05, 0.1) is 0 Å². The monoisotopic (exact) mass is 267 g/mol. The molecule has 0 radical (unpaired) electrons. The molecule has 1 N–H and O–H groups in total. The quantitative estimate of drug-likeness (QED) is 0.749. The third-order valence-electron chi connectivity index (χ3n) is 1.62. The van der Waals surface area contributed by atoms with Crippen molar-refractivity contribution in [1.82, 2.24) is 5.32 Å². The van der Waals surface area contributed by atoms with Crippen LogP contribution in [0.15, 0.2) is 0 Å². The van der Waals surface area contributed by atoms with Crippen LogP contribution in [0.3, 0.4) is 0 Å². The average molecular weight is 268 g/mol. The molecule has 2 nitrogen and oxygen atoms in total. The molecule has 0 rings (SSSR count). The van der Waals surface area contributed by atoms with Crippen LogP contribution in [0.5, 0.6) is 0 Å². The van der Waals surface area contributed by atoms with Gasteiger partial charge in [-0.05, 0) is 19.6 Å². The van der Waals surface area contributed by atoms with E-state index in [-0.39, 0.29) is 11.9 Å². The fourth-order valence-electron chi connectivity index (χ4n) is 1.09. The Kier molecular flexibility index (Phi) is 7.86. The zero-order chi connectivity index (χ0) is 10.3. The Labute approximate surface area is 93.4 Å². The van der Waals surface area contributed by atoms with E-state index in [1.807, 2.05) is 13.2 Å². The van der Waals surface area contributed by atoms with E-state index < -0.39 is 0 Å². The number of halogens is 1. The minimum atomic E-state index is 0.162. The highest BCUT2D eigenvalue weighted by Crippen LogP contribution is 2.06. The standard InChI is InChI=1S/C9H18BrNOS/c1-7(10)6-8(2)11-9(12)4-5-13-3/h7-8H,4-6H2,1-3H3,(H,11,12). The van der Waals surface area contributed by atoms with Crippen LogP contribution < -0.4 is 5.32 Å². The number of nitrogens with one attached hydrogen (secondary N) is 1. The van der Waals surface area contributed by atoms with E-state index in [0.717, 1.165) is 12.2 Å². The molecule has 13 heavy (non-hydrogen) atoms. The van der Waals surface area contributed by atoms with Crippen LogP contribution in [0.4, 0.5) is 0 Å². The number of carbonyl (C=O) groups excluding carboxylic acids is 1. The van der Waals surface area contributed by atoms with Gasteiger partial charge in [-0.1, -0.05) is 22.9 Å². The van der Waals surface area contributed by atoms with Gasteiger partial charge in [0.15, 0.2) is 0 Å². The minimum Gasteiger partial charge on any atom is -0.354 e. The normalized spacial score (nSPS) is 15.1. The molecule has 0 spiro atoms. The Morgan fingerprint density at radius 1 is 1.54 bits per heavy atom. The molecule has 0 aromatic rings. The van der Waals surface area contributed by atoms with Gasteiger partial charge in [0.25, 0.3) is 0 Å². The van der Waals surface area contributed by atoms with Gasteiger partial charge in [0.1, 0.15) is 0 Å². The second-order valence-corrected chi connectivity index (χ2v) is 5.78. The van der Waals surface area contributed by atoms with E-state index in [9.17, 15) is 4.79 Å². The Morgan fingerprint density at radius 3 is 2.62 bits per heavy atom. The zero-order valence-electron chi connectivity index (χ0n) is 8.47. The summed E-state index contributed by atoms with van der Waals surface area (Å²) in [5.41, 5.74) is 0. The number of hydrogen-bond donors (Lipinski definition) is 1. The smallest absolute Gasteiger partial charge is 0.221 e. The SMILES string of the molecule is CSCCC(=O)NC(C)CC(C)Br. The van der Waals surface area contributed by atoms with Crippen molar-refractivity contribution in [3.8, 4) is 0 Å². The second kappa shape index (κ2) is 7.68. The largest absolute Gasteiger partial charge is 0.354 e. The van der Waals surface area contributed by atoms with E-state index in [4.69, 9.17) is 0 Å². The summed E-state index contributed by atoms with van der Waals surface area (Å²) in [5, 5.41) is 2.96. The van der Waals surface area contributed by atoms with E-state index in [1.165, 1.54) is 0 Å². The number of rotatable bonds is 6. The van der Waals surface area contributed by atoms with Gasteiger partial charge < -0.3 is 5.32 Å². The molecule has 2 unspecified atom stereocenters. The highest BCUT2D eigenvalue weighted by molar-refractivity contribution is 9.09. The van der Waals surface area contributed by atoms with Crippen molar-refractivity contribution in [1.29, 1.82) is 0 Å². The van der Waals surface area contributed by atoms with Crippen LogP contribution in [0.1, 0.15) is 26.7 Å². The topological polar surface area (TPSA) is 29.1 Å². The van der Waals surface area contributed by atoms with Crippen LogP contribution in [0.2, 0.25) is 0 Å². The van der Waals surface area contributed by atoms with Gasteiger partial charge in [0.2, 0.25) is 5.91 Å². The molecule has 0 saturated carbocycles. The Balaban J connectivity index is 3.53. The summed E-state index contributed by atoms with van der Waals surface area (Å²) >= 11 is 5.16. The summed E-state index contributed by atoms with van der Waals surface area (Å²) in [4.78, 5) is 11.7. The van der Waals surface area contributed by atoms with Gasteiger partial charge in [-0.2, -0.15) is 11.8 Å². The molecule has 0 fully saturated rings. The van der Waals surface area contributed by atoms with Gasteiger partial charge >= 0.3 is 0 Å². The lowest BCUT2D eigenvalue weighted by Crippen LogP contribution is -2.33. The van der Waals surface area contributed by atoms with Gasteiger partial charge in [0, 0.05) is 23.0 Å². The Bertz CT molecular complexity index is 153. The third kappa shape index (κ3) is 8.63. The molecule has 0 aromatic heterocycles. The first-order valence-electron chi connectivity index (χ1n) is 4.48. The summed E-state index contributed by atoms with van der Waals surface area (Å²) in [5.74, 6) is 1.07. The van der Waals surface area contributed by atoms with Crippen LogP contribution in [0, 0.1) is 0 Å². The summed E-state index contributed by atoms with van der Waals surface area (Å²) in [6.07, 6.45) is 3.62. The molecule has 1 amide bonds. The van der Waals surface area contributed by atoms with E-state index in [2.05, 4.69) is 28.2 Å². The summed E-state index contributed by atoms with van der Waals surface area (Å²) in [7, 11) is 0. The summed E-state index contributed by atoms with van der Waals surface area (Å²) in [6, 6.07) is 0.267. The first-order chi connectivity index (χ1) is 6.06. The van der Waals surface area contributed by atoms with Crippen molar-refractivity contribution < 1.29 is 4.79 Å². The number of hydrogen-bond acceptors (Lipinski definition) is 2. The Morgan fingerprint density at radius 2 is 2.15 bits per heavy atom. The molecule has 0 aromatic carbocycles. The van der Waals surface area contributed by atoms with E-state index in [0.29, 0.717) is 11.2 Å². The van der Waals surface area contributed by atoms with Crippen molar-refractivity contribution in [2.75, 3.05) is 12.0 Å². The van der Waals surface area contributed by atoms with Gasteiger partial charge in [-0.3, -0.25) is 4.79 Å². The maximum Gasteiger partial charge on any atom is 0.221 e. The predicted octanol–water partition coefficient (Wildman–Crippen LogP) is 2.42. The predicted molar refractivity (Wildman–Crippen MR) is 63.6 cm³/mol. The lowest BCUT2D eigenvalue weighted by atomic mass is 10.2. The van der Waals surface area contributed by atoms with Crippen molar-refractivity contribution in [3.63, 3.8) is 0 Å². The fourth-order valence-corrected chi connectivity index (χ4v) is 2.04. The third-order valence-corrected chi connectivity index (χ3v) is 2.61. The zero-order valence-corrected chi connectivity index (χ0v) is 10.9. The molecular formula is C9H18BrNOS. The Hall–Kier alpha value is 0.300. The highest BCUT2D eigenvalue weighted by atomic mass is 79.9. The van der Waals surface area contributed by atoms with E-state index in [1.54, 1.807) is 11.8 Å². The number of thioether (sulfide) groups is 1. The van der Waals surface area contributed by atoms with Crippen molar-refractivity contribution in [2.45, 2.75) is 37.6 Å². The first kappa shape index (κ1) is 13.3. The van der Waals surface area contributed by atoms with Gasteiger partial charge in [-0.25, -0.2) is 0 Å². The van der Waals surface area contributed by atoms with Gasteiger partial charge in [-0.15, -0.1) is 0 Å². The molecule has 0 aliphatic heterocycles. The van der Waals surface area contributed by atoms with Crippen LogP contribution in [0.25, 0.3) is 0 Å². The maximum atomic E-state index is 11.3. The molecule has 0 aliphatic rings. The molecule has 0 bridgehead atoms. The highest BCUT2D eigenvalue weighted by Gasteiger charge is 2.08. The van der Waals surface area contributed by atoms with Crippen LogP contribution in [-0.2, 0) is 4.79 Å². The maximum absolute atomic E-state index is 11.3. The molecule has 2 atom stereocenters. The number of carbonyl (C=O) groups is 1. The average Bonchev–Trinajstić information content (AvgIpc) is 1.98. The van der Waals surface area contributed by atoms with Crippen molar-refractivity contribution >= 4 is 33.6 Å². The van der Waals surface area contributed by atoms with Crippen LogP contribution in [-0.4, -0.2) is 28.8 Å². The second-order valence-electron chi connectivity index (χ2n) is 3.23. The molecule has 0 aliphatic carbocycles. The molecular weight excluding hydrogens is 250 g/mol. The van der Waals surface area contributed by atoms with Crippen molar-refractivity contribution in [3.05, 3.63) is 0 Å². The lowest BCUT2D eigenvalue weighted by molar-refractivity contribution is -0.121. The molecule has 0 saturated heterocycles.